The van der Waals surface area contributed by atoms with E-state index in [4.69, 9.17) is 0 Å². The zero-order valence-corrected chi connectivity index (χ0v) is 11.2. The van der Waals surface area contributed by atoms with Crippen molar-refractivity contribution in [3.63, 3.8) is 0 Å². The monoisotopic (exact) mass is 272 g/mol. The summed E-state index contributed by atoms with van der Waals surface area (Å²) >= 11 is 0. The molecule has 64 valence electrons. The molecular weight excluding hydrogens is 254 g/mol. The van der Waals surface area contributed by atoms with Crippen molar-refractivity contribution in [1.82, 2.24) is 0 Å². The van der Waals surface area contributed by atoms with Gasteiger partial charge < -0.3 is 39.8 Å². The molecule has 0 heterocycles. The Morgan fingerprint density at radius 3 is 0.444 bits per heavy atom. The Bertz CT molecular complexity index is 13.6. The summed E-state index contributed by atoms with van der Waals surface area (Å²) in [7, 11) is 0. The van der Waals surface area contributed by atoms with E-state index in [1.807, 2.05) is 0 Å². The molecule has 14 N–H and O–H groups in total. The van der Waals surface area contributed by atoms with Crippen LogP contribution in [0.5, 0.6) is 0 Å². The van der Waals surface area contributed by atoms with Crippen molar-refractivity contribution in [3.8, 4) is 0 Å². The zero-order valence-electron chi connectivity index (χ0n) is 6.21. The molecule has 0 aromatic heterocycles. The average Bonchev–Trinajstić information content (AvgIpc) is 0. The van der Waals surface area contributed by atoms with Crippen molar-refractivity contribution in [1.29, 1.82) is 0 Å². The second-order valence-corrected chi connectivity index (χ2v) is 0. The summed E-state index contributed by atoms with van der Waals surface area (Å²) in [4.78, 5) is 0. The molecule has 0 bridgehead atoms. The van der Waals surface area contributed by atoms with E-state index >= 15 is 0 Å². The minimum atomic E-state index is 0. The molecule has 0 unspecified atom stereocenters. The van der Waals surface area contributed by atoms with Gasteiger partial charge in [-0.3, -0.25) is 0 Å². The quantitative estimate of drug-likeness (QED) is 0.374. The van der Waals surface area contributed by atoms with Crippen LogP contribution >= 0.6 is 0 Å². The first-order valence-electron chi connectivity index (χ1n) is 0. The minimum absolute atomic E-state index is 0. The first kappa shape index (κ1) is 413. The van der Waals surface area contributed by atoms with Crippen LogP contribution in [0.3, 0.4) is 0 Å². The van der Waals surface area contributed by atoms with Gasteiger partial charge in [-0.05, 0) is 0 Å². The molecule has 0 rings (SSSR count). The second-order valence-electron chi connectivity index (χ2n) is 0. The molecule has 9 heteroatoms. The average molecular weight is 271 g/mol. The molecule has 0 aliphatic heterocycles. The Labute approximate surface area is 92.7 Å². The molecule has 2 radical (unpaired) electrons. The van der Waals surface area contributed by atoms with Crippen molar-refractivity contribution in [2.24, 2.45) is 0 Å². The Kier molecular flexibility index (Phi) is 13800. The van der Waals surface area contributed by atoms with E-state index in [1.165, 1.54) is 0 Å². The zero-order chi connectivity index (χ0) is 0. The summed E-state index contributed by atoms with van der Waals surface area (Å²) in [6, 6.07) is 0. The van der Waals surface area contributed by atoms with Crippen molar-refractivity contribution >= 4 is 23.9 Å². The van der Waals surface area contributed by atoms with Gasteiger partial charge in [0, 0.05) is 0 Å². The van der Waals surface area contributed by atoms with Crippen LogP contribution in [-0.4, -0.2) is 62.2 Å². The molecule has 0 atom stereocenters. The van der Waals surface area contributed by atoms with Gasteiger partial charge in [0.1, 0.15) is 0 Å². The molecule has 7 nitrogen and oxygen atoms in total. The van der Waals surface area contributed by atoms with Crippen LogP contribution in [0, 0.1) is 0 Å². The third-order valence-electron chi connectivity index (χ3n) is 0. The summed E-state index contributed by atoms with van der Waals surface area (Å²) in [6.07, 6.45) is 0. The molecule has 0 spiro atoms. The van der Waals surface area contributed by atoms with Crippen molar-refractivity contribution in [2.45, 2.75) is 0 Å². The normalized spacial score (nSPS) is 0. The summed E-state index contributed by atoms with van der Waals surface area (Å²) in [6.45, 7) is 0. The van der Waals surface area contributed by atoms with Crippen LogP contribution in [0.1, 0.15) is 1.43 Å². The number of rotatable bonds is 0. The molecule has 0 aliphatic carbocycles. The summed E-state index contributed by atoms with van der Waals surface area (Å²) in [5, 5.41) is 0. The standard InChI is InChI=1S/Na.7H2O.Sn.3H/h;7*1H2;;;;/q+1;;;;;;;;;;;-1. The third kappa shape index (κ3) is 233. The van der Waals surface area contributed by atoms with Crippen LogP contribution in [-0.2, 0) is 0 Å². The predicted molar refractivity (Wildman–Crippen MR) is 35.0 cm³/mol. The van der Waals surface area contributed by atoms with Gasteiger partial charge in [-0.15, -0.1) is 0 Å². The molecule has 0 fully saturated rings. The predicted octanol–water partition coefficient (Wildman–Crippen LogP) is -9.57. The van der Waals surface area contributed by atoms with Gasteiger partial charge in [-0.25, -0.2) is 0 Å². The van der Waals surface area contributed by atoms with Gasteiger partial charge in [-0.1, -0.05) is 0 Å². The van der Waals surface area contributed by atoms with Gasteiger partial charge in [0.15, 0.2) is 0 Å². The SMILES string of the molecule is O.O.O.O.O.O.O.[H-].[Na+].[SnH2]. The van der Waals surface area contributed by atoms with Crippen molar-refractivity contribution in [2.75, 3.05) is 0 Å². The molecule has 0 aromatic rings. The fourth-order valence-electron chi connectivity index (χ4n) is 0. The first-order chi connectivity index (χ1) is 0. The Balaban J connectivity index is 0. The van der Waals surface area contributed by atoms with E-state index < -0.39 is 0 Å². The molecular formula is H17NaO7Sn. The van der Waals surface area contributed by atoms with Crippen LogP contribution in [0.25, 0.3) is 0 Å². The van der Waals surface area contributed by atoms with Crippen molar-refractivity contribution < 1.29 is 69.3 Å². The van der Waals surface area contributed by atoms with E-state index in [9.17, 15) is 0 Å². The number of hydrogen-bond acceptors (Lipinski definition) is 0. The van der Waals surface area contributed by atoms with Crippen LogP contribution in [0.4, 0.5) is 0 Å². The Hall–Kier alpha value is 1.52. The topological polar surface area (TPSA) is 220 Å². The molecule has 0 aliphatic rings. The molecule has 0 aromatic carbocycles. The number of hydrogen-bond donors (Lipinski definition) is 0. The van der Waals surface area contributed by atoms with Gasteiger partial charge >= 0.3 is 53.5 Å². The molecule has 0 saturated heterocycles. The molecule has 0 saturated carbocycles. The van der Waals surface area contributed by atoms with Gasteiger partial charge in [0.05, 0.1) is 0 Å². The Morgan fingerprint density at radius 2 is 0.444 bits per heavy atom. The molecule has 0 amide bonds. The summed E-state index contributed by atoms with van der Waals surface area (Å²) in [5.41, 5.74) is 0. The van der Waals surface area contributed by atoms with Crippen LogP contribution < -0.4 is 29.6 Å². The fraction of sp³-hybridized carbons (Fsp3) is 0. The second kappa shape index (κ2) is 299. The summed E-state index contributed by atoms with van der Waals surface area (Å²) in [5.74, 6) is 0. The van der Waals surface area contributed by atoms with E-state index in [1.54, 1.807) is 0 Å². The van der Waals surface area contributed by atoms with E-state index in [0.29, 0.717) is 0 Å². The fourth-order valence-corrected chi connectivity index (χ4v) is 0. The van der Waals surface area contributed by atoms with E-state index in [2.05, 4.69) is 0 Å². The maximum atomic E-state index is 0. The van der Waals surface area contributed by atoms with Gasteiger partial charge in [0.2, 0.25) is 0 Å². The van der Waals surface area contributed by atoms with Crippen LogP contribution in [0.2, 0.25) is 0 Å². The third-order valence-corrected chi connectivity index (χ3v) is 0. The van der Waals surface area contributed by atoms with E-state index in [-0.39, 0.29) is 93.2 Å². The Morgan fingerprint density at radius 1 is 0.444 bits per heavy atom. The van der Waals surface area contributed by atoms with Gasteiger partial charge in [-0.2, -0.15) is 0 Å². The van der Waals surface area contributed by atoms with Crippen LogP contribution in [0.15, 0.2) is 0 Å². The molecule has 9 heavy (non-hydrogen) atoms. The summed E-state index contributed by atoms with van der Waals surface area (Å²) < 4.78 is 0. The first-order valence-corrected chi connectivity index (χ1v) is 0. The van der Waals surface area contributed by atoms with Gasteiger partial charge in [0.25, 0.3) is 0 Å². The van der Waals surface area contributed by atoms with E-state index in [0.717, 1.165) is 0 Å². The maximum absolute atomic E-state index is 0. The van der Waals surface area contributed by atoms with Crippen molar-refractivity contribution in [3.05, 3.63) is 0 Å².